The van der Waals surface area contributed by atoms with Gasteiger partial charge in [-0.3, -0.25) is 19.9 Å². The van der Waals surface area contributed by atoms with Crippen molar-refractivity contribution in [2.45, 2.75) is 13.8 Å². The molecule has 0 aliphatic heterocycles. The summed E-state index contributed by atoms with van der Waals surface area (Å²) in [5, 5.41) is 3.52. The number of nitrogens with zero attached hydrogens (tertiary/aromatic N) is 4. The summed E-state index contributed by atoms with van der Waals surface area (Å²) in [6.07, 6.45) is 4.86. The molecular weight excluding hydrogens is 366 g/mol. The molecule has 0 atom stereocenters. The first-order chi connectivity index (χ1) is 13.9. The number of amides is 1. The van der Waals surface area contributed by atoms with Gasteiger partial charge in [-0.1, -0.05) is 6.07 Å². The highest BCUT2D eigenvalue weighted by Gasteiger charge is 2.15. The van der Waals surface area contributed by atoms with Crippen LogP contribution in [0, 0.1) is 13.8 Å². The number of carbonyl (C=O) groups excluding carboxylic acids is 1. The zero-order chi connectivity index (χ0) is 20.5. The molecule has 1 aromatic carbocycles. The van der Waals surface area contributed by atoms with E-state index in [1.165, 1.54) is 0 Å². The van der Waals surface area contributed by atoms with E-state index in [0.717, 1.165) is 22.2 Å². The van der Waals surface area contributed by atoms with Crippen molar-refractivity contribution in [3.05, 3.63) is 82.2 Å². The molecule has 0 saturated heterocycles. The second-order valence-electron chi connectivity index (χ2n) is 6.86. The molecule has 7 heteroatoms. The summed E-state index contributed by atoms with van der Waals surface area (Å²) >= 11 is 0. The highest BCUT2D eigenvalue weighted by atomic mass is 16.1. The Bertz CT molecular complexity index is 1300. The smallest absolute Gasteiger partial charge is 0.258 e. The van der Waals surface area contributed by atoms with E-state index < -0.39 is 0 Å². The van der Waals surface area contributed by atoms with E-state index in [-0.39, 0.29) is 17.4 Å². The molecule has 3 aromatic heterocycles. The average molecular weight is 385 g/mol. The third-order valence-electron chi connectivity index (χ3n) is 4.83. The van der Waals surface area contributed by atoms with Crippen LogP contribution in [0.15, 0.2) is 59.8 Å². The van der Waals surface area contributed by atoms with Gasteiger partial charge in [-0.15, -0.1) is 0 Å². The van der Waals surface area contributed by atoms with Crippen molar-refractivity contribution in [3.8, 4) is 11.1 Å². The number of benzene rings is 1. The summed E-state index contributed by atoms with van der Waals surface area (Å²) < 4.78 is 1.61. The van der Waals surface area contributed by atoms with Crippen LogP contribution in [-0.4, -0.2) is 25.4 Å². The van der Waals surface area contributed by atoms with Gasteiger partial charge in [0.05, 0.1) is 5.52 Å². The van der Waals surface area contributed by atoms with Crippen LogP contribution in [0.25, 0.3) is 22.0 Å². The van der Waals surface area contributed by atoms with Crippen molar-refractivity contribution >= 4 is 22.8 Å². The maximum Gasteiger partial charge on any atom is 0.258 e. The van der Waals surface area contributed by atoms with E-state index in [2.05, 4.69) is 20.3 Å². The van der Waals surface area contributed by atoms with Crippen molar-refractivity contribution in [3.63, 3.8) is 0 Å². The molecule has 0 aliphatic rings. The van der Waals surface area contributed by atoms with E-state index in [0.29, 0.717) is 16.7 Å². The van der Waals surface area contributed by atoms with Crippen LogP contribution in [0.1, 0.15) is 21.6 Å². The lowest BCUT2D eigenvalue weighted by atomic mass is 9.97. The Morgan fingerprint density at radius 1 is 1.00 bits per heavy atom. The largest absolute Gasteiger partial charge is 0.311 e. The SMILES string of the molecule is Cc1cc2c(cn1)cc(-c1cc(C(=O)Nc3ncccn3)ccc1C)c(=O)n2C. The zero-order valence-electron chi connectivity index (χ0n) is 16.3. The summed E-state index contributed by atoms with van der Waals surface area (Å²) in [6, 6.07) is 10.6. The van der Waals surface area contributed by atoms with Gasteiger partial charge in [-0.05, 0) is 55.3 Å². The Hall–Kier alpha value is -3.87. The molecule has 0 unspecified atom stereocenters. The van der Waals surface area contributed by atoms with Gasteiger partial charge >= 0.3 is 0 Å². The first-order valence-electron chi connectivity index (χ1n) is 9.10. The van der Waals surface area contributed by atoms with Gasteiger partial charge in [0, 0.05) is 47.8 Å². The number of hydrogen-bond acceptors (Lipinski definition) is 5. The van der Waals surface area contributed by atoms with Crippen molar-refractivity contribution in [2.75, 3.05) is 5.32 Å². The third-order valence-corrected chi connectivity index (χ3v) is 4.83. The molecule has 0 spiro atoms. The van der Waals surface area contributed by atoms with E-state index in [9.17, 15) is 9.59 Å². The van der Waals surface area contributed by atoms with Crippen LogP contribution >= 0.6 is 0 Å². The molecule has 0 radical (unpaired) electrons. The maximum atomic E-state index is 13.0. The molecular formula is C22H19N5O2. The molecule has 0 saturated carbocycles. The lowest BCUT2D eigenvalue weighted by Gasteiger charge is -2.12. The Balaban J connectivity index is 1.80. The summed E-state index contributed by atoms with van der Waals surface area (Å²) in [7, 11) is 1.74. The Morgan fingerprint density at radius 3 is 2.52 bits per heavy atom. The number of carbonyl (C=O) groups is 1. The van der Waals surface area contributed by atoms with E-state index in [1.54, 1.807) is 48.4 Å². The first-order valence-corrected chi connectivity index (χ1v) is 9.10. The number of aryl methyl sites for hydroxylation is 3. The molecule has 4 rings (SSSR count). The molecule has 0 fully saturated rings. The first kappa shape index (κ1) is 18.5. The molecule has 3 heterocycles. The van der Waals surface area contributed by atoms with Crippen molar-refractivity contribution in [2.24, 2.45) is 7.05 Å². The Labute approximate surface area is 167 Å². The van der Waals surface area contributed by atoms with Crippen molar-refractivity contribution in [1.29, 1.82) is 0 Å². The summed E-state index contributed by atoms with van der Waals surface area (Å²) in [4.78, 5) is 38.0. The summed E-state index contributed by atoms with van der Waals surface area (Å²) in [5.41, 5.74) is 4.08. The van der Waals surface area contributed by atoms with E-state index >= 15 is 0 Å². The van der Waals surface area contributed by atoms with Crippen molar-refractivity contribution < 1.29 is 4.79 Å². The predicted molar refractivity (Wildman–Crippen MR) is 112 cm³/mol. The van der Waals surface area contributed by atoms with Gasteiger partial charge in [0.15, 0.2) is 0 Å². The number of rotatable bonds is 3. The molecule has 1 amide bonds. The number of nitrogens with one attached hydrogen (secondary N) is 1. The third kappa shape index (κ3) is 3.50. The van der Waals surface area contributed by atoms with E-state index in [1.807, 2.05) is 32.0 Å². The number of anilines is 1. The average Bonchev–Trinajstić information content (AvgIpc) is 2.72. The van der Waals surface area contributed by atoms with Gasteiger partial charge in [0.2, 0.25) is 5.95 Å². The zero-order valence-corrected chi connectivity index (χ0v) is 16.3. The monoisotopic (exact) mass is 385 g/mol. The second kappa shape index (κ2) is 7.27. The molecule has 1 N–H and O–H groups in total. The summed E-state index contributed by atoms with van der Waals surface area (Å²) in [6.45, 7) is 3.80. The fourth-order valence-corrected chi connectivity index (χ4v) is 3.25. The fourth-order valence-electron chi connectivity index (χ4n) is 3.25. The van der Waals surface area contributed by atoms with Crippen molar-refractivity contribution in [1.82, 2.24) is 19.5 Å². The number of hydrogen-bond donors (Lipinski definition) is 1. The predicted octanol–water partition coefficient (Wildman–Crippen LogP) is 3.26. The molecule has 0 bridgehead atoms. The van der Waals surface area contributed by atoms with E-state index in [4.69, 9.17) is 0 Å². The van der Waals surface area contributed by atoms with Crippen LogP contribution < -0.4 is 10.9 Å². The normalized spacial score (nSPS) is 10.9. The maximum absolute atomic E-state index is 13.0. The lowest BCUT2D eigenvalue weighted by Crippen LogP contribution is -2.20. The van der Waals surface area contributed by atoms with Gasteiger partial charge in [-0.2, -0.15) is 0 Å². The van der Waals surface area contributed by atoms with Gasteiger partial charge in [0.1, 0.15) is 0 Å². The molecule has 0 aliphatic carbocycles. The highest BCUT2D eigenvalue weighted by Crippen LogP contribution is 2.25. The molecule has 144 valence electrons. The fraction of sp³-hybridized carbons (Fsp3) is 0.136. The van der Waals surface area contributed by atoms with Crippen LogP contribution in [0.2, 0.25) is 0 Å². The Morgan fingerprint density at radius 2 is 1.76 bits per heavy atom. The van der Waals surface area contributed by atoms with Crippen LogP contribution in [0.3, 0.4) is 0 Å². The van der Waals surface area contributed by atoms with Gasteiger partial charge in [0.25, 0.3) is 11.5 Å². The van der Waals surface area contributed by atoms with Gasteiger partial charge in [-0.25, -0.2) is 9.97 Å². The number of aromatic nitrogens is 4. The number of pyridine rings is 2. The van der Waals surface area contributed by atoms with Gasteiger partial charge < -0.3 is 4.57 Å². The highest BCUT2D eigenvalue weighted by molar-refractivity contribution is 6.04. The van der Waals surface area contributed by atoms with Crippen LogP contribution in [0.4, 0.5) is 5.95 Å². The molecule has 7 nitrogen and oxygen atoms in total. The minimum Gasteiger partial charge on any atom is -0.311 e. The molecule has 4 aromatic rings. The minimum atomic E-state index is -0.340. The molecule has 29 heavy (non-hydrogen) atoms. The van der Waals surface area contributed by atoms with Crippen LogP contribution in [0.5, 0.6) is 0 Å². The standard InChI is InChI=1S/C22H19N5O2/c1-13-5-6-15(20(28)26-22-23-7-4-8-24-22)10-17(13)18-11-16-12-25-14(2)9-19(16)27(3)21(18)29/h4-12H,1-3H3,(H,23,24,26,28). The second-order valence-corrected chi connectivity index (χ2v) is 6.86. The van der Waals surface area contributed by atoms with Crippen LogP contribution in [-0.2, 0) is 7.05 Å². The lowest BCUT2D eigenvalue weighted by molar-refractivity contribution is 0.102. The quantitative estimate of drug-likeness (QED) is 0.585. The Kier molecular flexibility index (Phi) is 4.64. The summed E-state index contributed by atoms with van der Waals surface area (Å²) in [5.74, 6) is -0.116. The topological polar surface area (TPSA) is 89.8 Å². The number of fused-ring (bicyclic) bond motifs is 1. The minimum absolute atomic E-state index is 0.129.